The van der Waals surface area contributed by atoms with Crippen LogP contribution in [0.3, 0.4) is 0 Å². The molecule has 0 radical (unpaired) electrons. The van der Waals surface area contributed by atoms with Crippen LogP contribution in [0.25, 0.3) is 32.7 Å². The fourth-order valence-electron chi connectivity index (χ4n) is 10.5. The minimum absolute atomic E-state index is 0.340. The summed E-state index contributed by atoms with van der Waals surface area (Å²) in [5, 5.41) is 4.25. The monoisotopic (exact) mass is 1140 g/mol. The summed E-state index contributed by atoms with van der Waals surface area (Å²) in [5.74, 6) is 0. The summed E-state index contributed by atoms with van der Waals surface area (Å²) < 4.78 is 13.4. The number of aryl methyl sites for hydroxylation is 6. The van der Waals surface area contributed by atoms with Crippen molar-refractivity contribution in [1.82, 2.24) is 42.4 Å². The number of imidazole rings is 3. The highest BCUT2D eigenvalue weighted by atomic mass is 15.0. The second kappa shape index (κ2) is 30.8. The van der Waals surface area contributed by atoms with Gasteiger partial charge in [-0.05, 0) is 147 Å². The number of benzene rings is 3. The first-order valence-electron chi connectivity index (χ1n) is 31.8. The van der Waals surface area contributed by atoms with Crippen LogP contribution in [-0.4, -0.2) is 42.4 Å². The molecule has 9 nitrogen and oxygen atoms in total. The molecule has 9 rings (SSSR count). The molecule has 0 unspecified atom stereocenters. The van der Waals surface area contributed by atoms with E-state index in [4.69, 9.17) is 0 Å². The fourth-order valence-corrected chi connectivity index (χ4v) is 10.5. The molecule has 0 aliphatic rings. The highest BCUT2D eigenvalue weighted by Gasteiger charge is 2.19. The third kappa shape index (κ3) is 24.5. The number of hydrogen-bond acceptors (Lipinski definition) is 3. The van der Waals surface area contributed by atoms with Crippen molar-refractivity contribution in [2.75, 3.05) is 0 Å². The van der Waals surface area contributed by atoms with Crippen molar-refractivity contribution in [3.63, 3.8) is 0 Å². The average molecular weight is 1140 g/mol. The molecule has 0 atom stereocenters. The van der Waals surface area contributed by atoms with E-state index in [0.717, 1.165) is 77.8 Å². The van der Waals surface area contributed by atoms with Gasteiger partial charge in [-0.1, -0.05) is 179 Å². The summed E-state index contributed by atoms with van der Waals surface area (Å²) in [5.41, 5.74) is 14.2. The molecule has 0 aliphatic heterocycles. The van der Waals surface area contributed by atoms with Gasteiger partial charge in [0.2, 0.25) is 0 Å². The zero-order valence-corrected chi connectivity index (χ0v) is 57.6. The predicted molar refractivity (Wildman–Crippen MR) is 365 cm³/mol. The fraction of sp³-hybridized carbons (Fsp3) is 0.560. The normalized spacial score (nSPS) is 12.1. The molecule has 0 bridgehead atoms. The topological polar surface area (TPSA) is 68.2 Å². The summed E-state index contributed by atoms with van der Waals surface area (Å²) in [6, 6.07) is 26.1. The van der Waals surface area contributed by atoms with Crippen LogP contribution in [-0.2, 0) is 77.8 Å². The minimum Gasteiger partial charge on any atom is -0.347 e. The van der Waals surface area contributed by atoms with Crippen LogP contribution in [0.2, 0.25) is 0 Å². The average Bonchev–Trinajstić information content (AvgIpc) is 2.50. The van der Waals surface area contributed by atoms with Gasteiger partial charge in [0, 0.05) is 109 Å². The Hall–Kier alpha value is -6.09. The predicted octanol–water partition coefficient (Wildman–Crippen LogP) is 20.2. The Morgan fingerprint density at radius 2 is 0.488 bits per heavy atom. The van der Waals surface area contributed by atoms with Crippen molar-refractivity contribution in [1.29, 1.82) is 0 Å². The second-order valence-electron chi connectivity index (χ2n) is 30.4. The van der Waals surface area contributed by atoms with Crippen LogP contribution in [0.4, 0.5) is 0 Å². The number of rotatable bonds is 12. The zero-order valence-electron chi connectivity index (χ0n) is 57.6. The third-order valence-corrected chi connectivity index (χ3v) is 14.1. The van der Waals surface area contributed by atoms with Gasteiger partial charge < -0.3 is 27.4 Å². The van der Waals surface area contributed by atoms with Gasteiger partial charge in [-0.2, -0.15) is 0 Å². The number of aromatic nitrogens is 9. The van der Waals surface area contributed by atoms with E-state index in [1.807, 2.05) is 19.0 Å². The second-order valence-corrected chi connectivity index (χ2v) is 30.4. The molecule has 9 aromatic rings. The van der Waals surface area contributed by atoms with Crippen molar-refractivity contribution in [3.8, 4) is 0 Å². The van der Waals surface area contributed by atoms with Gasteiger partial charge in [-0.15, -0.1) is 0 Å². The number of nitrogens with zero attached hydrogens (tertiary/aromatic N) is 9. The zero-order chi connectivity index (χ0) is 62.8. The lowest BCUT2D eigenvalue weighted by Gasteiger charge is -2.17. The van der Waals surface area contributed by atoms with Gasteiger partial charge >= 0.3 is 0 Å². The first-order valence-corrected chi connectivity index (χ1v) is 31.8. The SMILES string of the molecule is CCn1cc(CC(C)(C)C)c2ccccc21.CCn1cc(CC(C)(C)C)c2ccccc21.CCn1cc(CC(C)(C)C)c2ccccc21.CCn1cnc(CC(C)(C)C)c1.CCn1cnc(CC(C)(C)C)c1.CCn1cnc(CC(C)(C)C)c1. The van der Waals surface area contributed by atoms with Gasteiger partial charge in [0.15, 0.2) is 0 Å². The summed E-state index contributed by atoms with van der Waals surface area (Å²) in [7, 11) is 0. The molecular weight excluding hydrogens is 1030 g/mol. The smallest absolute Gasteiger partial charge is 0.0949 e. The van der Waals surface area contributed by atoms with E-state index in [1.54, 1.807) is 0 Å². The van der Waals surface area contributed by atoms with Crippen LogP contribution < -0.4 is 0 Å². The van der Waals surface area contributed by atoms with E-state index in [-0.39, 0.29) is 0 Å². The van der Waals surface area contributed by atoms with Gasteiger partial charge in [0.05, 0.1) is 36.1 Å². The Morgan fingerprint density at radius 1 is 0.274 bits per heavy atom. The van der Waals surface area contributed by atoms with Gasteiger partial charge in [-0.3, -0.25) is 0 Å². The molecule has 0 amide bonds. The molecule has 0 saturated heterocycles. The summed E-state index contributed by atoms with van der Waals surface area (Å²) >= 11 is 0. The molecule has 0 fully saturated rings. The Balaban J connectivity index is 0.000000217. The van der Waals surface area contributed by atoms with Crippen molar-refractivity contribution in [2.24, 2.45) is 32.5 Å². The lowest BCUT2D eigenvalue weighted by Crippen LogP contribution is -2.09. The Kier molecular flexibility index (Phi) is 25.8. The maximum absolute atomic E-state index is 4.34. The molecule has 0 saturated carbocycles. The standard InChI is InChI=1S/3C15H21N.3C10H18N2/c3*1-5-16-11-12(10-15(2,3)4)13-8-6-7-9-14(13)16;3*1-5-12-7-9(11-8-12)6-10(2,3)4/h3*6-9,11H,5,10H2,1-4H3;3*7-8H,5-6H2,1-4H3. The molecule has 84 heavy (non-hydrogen) atoms. The van der Waals surface area contributed by atoms with E-state index in [1.165, 1.54) is 66.5 Å². The first-order chi connectivity index (χ1) is 39.1. The third-order valence-electron chi connectivity index (χ3n) is 14.1. The largest absolute Gasteiger partial charge is 0.347 e. The van der Waals surface area contributed by atoms with E-state index < -0.39 is 0 Å². The minimum atomic E-state index is 0.340. The molecule has 3 aromatic carbocycles. The molecule has 0 spiro atoms. The maximum atomic E-state index is 4.34. The molecular formula is C75H117N9. The van der Waals surface area contributed by atoms with Gasteiger partial charge in [-0.25, -0.2) is 15.0 Å². The van der Waals surface area contributed by atoms with Crippen LogP contribution in [0.15, 0.2) is 129 Å². The lowest BCUT2D eigenvalue weighted by molar-refractivity contribution is 0.406. The molecule has 9 heteroatoms. The van der Waals surface area contributed by atoms with Crippen LogP contribution >= 0.6 is 0 Å². The Labute approximate surface area is 511 Å². The molecule has 462 valence electrons. The molecule has 6 heterocycles. The number of fused-ring (bicyclic) bond motifs is 3. The summed E-state index contributed by atoms with van der Waals surface area (Å²) in [6.07, 6.45) is 25.6. The van der Waals surface area contributed by atoms with Crippen molar-refractivity contribution < 1.29 is 0 Å². The van der Waals surface area contributed by atoms with E-state index in [9.17, 15) is 0 Å². The first kappa shape index (κ1) is 70.4. The van der Waals surface area contributed by atoms with E-state index >= 15 is 0 Å². The van der Waals surface area contributed by atoms with E-state index in [2.05, 4.69) is 319 Å². The molecule has 6 aromatic heterocycles. The van der Waals surface area contributed by atoms with Crippen LogP contribution in [0, 0.1) is 32.5 Å². The van der Waals surface area contributed by atoms with Crippen molar-refractivity contribution in [3.05, 3.63) is 163 Å². The van der Waals surface area contributed by atoms with Crippen LogP contribution in [0.1, 0.15) is 200 Å². The van der Waals surface area contributed by atoms with Crippen LogP contribution in [0.5, 0.6) is 0 Å². The molecule has 0 aliphatic carbocycles. The molecule has 0 N–H and O–H groups in total. The Morgan fingerprint density at radius 3 is 0.667 bits per heavy atom. The lowest BCUT2D eigenvalue weighted by atomic mass is 9.88. The van der Waals surface area contributed by atoms with Gasteiger partial charge in [0.1, 0.15) is 0 Å². The van der Waals surface area contributed by atoms with Gasteiger partial charge in [0.25, 0.3) is 0 Å². The highest BCUT2D eigenvalue weighted by Crippen LogP contribution is 2.31. The number of para-hydroxylation sites is 3. The Bertz CT molecular complexity index is 2960. The maximum Gasteiger partial charge on any atom is 0.0949 e. The highest BCUT2D eigenvalue weighted by molar-refractivity contribution is 5.85. The van der Waals surface area contributed by atoms with Crippen molar-refractivity contribution in [2.45, 2.75) is 244 Å². The summed E-state index contributed by atoms with van der Waals surface area (Å²) in [4.78, 5) is 13.0. The number of hydrogen-bond donors (Lipinski definition) is 0. The quantitative estimate of drug-likeness (QED) is 0.122. The summed E-state index contributed by atoms with van der Waals surface area (Å²) in [6.45, 7) is 59.9. The van der Waals surface area contributed by atoms with Crippen molar-refractivity contribution >= 4 is 32.7 Å². The van der Waals surface area contributed by atoms with E-state index in [0.29, 0.717) is 32.5 Å².